The molecule has 0 saturated carbocycles. The average molecular weight is 288 g/mol. The first-order chi connectivity index (χ1) is 10.1. The summed E-state index contributed by atoms with van der Waals surface area (Å²) in [6.07, 6.45) is 1.52. The van der Waals surface area contributed by atoms with E-state index in [0.29, 0.717) is 24.3 Å². The smallest absolute Gasteiger partial charge is 0.355 e. The van der Waals surface area contributed by atoms with Gasteiger partial charge < -0.3 is 14.6 Å². The number of aldehydes is 1. The second-order valence-electron chi connectivity index (χ2n) is 5.18. The van der Waals surface area contributed by atoms with Crippen molar-refractivity contribution in [1.29, 1.82) is 0 Å². The van der Waals surface area contributed by atoms with Crippen LogP contribution in [0.3, 0.4) is 0 Å². The number of benzene rings is 1. The number of hydrogen-bond donors (Lipinski definition) is 1. The third kappa shape index (κ3) is 3.31. The quantitative estimate of drug-likeness (QED) is 0.654. The molecular formula is C16H20N2O3. The van der Waals surface area contributed by atoms with Gasteiger partial charge in [-0.05, 0) is 51.2 Å². The molecule has 1 N–H and O–H groups in total. The Morgan fingerprint density at radius 2 is 2.14 bits per heavy atom. The van der Waals surface area contributed by atoms with Crippen LogP contribution in [0.25, 0.3) is 10.9 Å². The van der Waals surface area contributed by atoms with Gasteiger partial charge in [0, 0.05) is 23.0 Å². The lowest BCUT2D eigenvalue weighted by Crippen LogP contribution is -2.17. The van der Waals surface area contributed by atoms with Crippen LogP contribution in [0.2, 0.25) is 0 Å². The Kier molecular flexibility index (Phi) is 4.75. The van der Waals surface area contributed by atoms with E-state index in [4.69, 9.17) is 4.74 Å². The van der Waals surface area contributed by atoms with Gasteiger partial charge in [-0.1, -0.05) is 0 Å². The summed E-state index contributed by atoms with van der Waals surface area (Å²) in [7, 11) is 3.96. The Balaban J connectivity index is 2.52. The van der Waals surface area contributed by atoms with E-state index < -0.39 is 0 Å². The summed E-state index contributed by atoms with van der Waals surface area (Å²) in [6, 6.07) is 5.37. The predicted molar refractivity (Wildman–Crippen MR) is 81.9 cm³/mol. The van der Waals surface area contributed by atoms with Gasteiger partial charge in [0.15, 0.2) is 0 Å². The molecule has 1 aromatic carbocycles. The number of aromatic nitrogens is 1. The van der Waals surface area contributed by atoms with Crippen LogP contribution in [-0.4, -0.2) is 49.4 Å². The molecule has 0 aliphatic heterocycles. The third-order valence-corrected chi connectivity index (χ3v) is 3.35. The van der Waals surface area contributed by atoms with Crippen molar-refractivity contribution in [1.82, 2.24) is 9.88 Å². The van der Waals surface area contributed by atoms with Crippen LogP contribution in [0.1, 0.15) is 33.3 Å². The minimum atomic E-state index is -0.352. The first-order valence-corrected chi connectivity index (χ1v) is 6.98. The van der Waals surface area contributed by atoms with Crippen molar-refractivity contribution in [3.63, 3.8) is 0 Å². The molecule has 5 heteroatoms. The molecule has 0 bridgehead atoms. The molecule has 0 amide bonds. The normalized spacial score (nSPS) is 11.0. The van der Waals surface area contributed by atoms with Crippen molar-refractivity contribution >= 4 is 23.2 Å². The number of esters is 1. The molecule has 5 nitrogen and oxygen atoms in total. The van der Waals surface area contributed by atoms with E-state index in [1.807, 2.05) is 26.2 Å². The lowest BCUT2D eigenvalue weighted by atomic mass is 10.1. The molecular weight excluding hydrogens is 268 g/mol. The predicted octanol–water partition coefficient (Wildman–Crippen LogP) is 2.26. The molecule has 0 unspecified atom stereocenters. The monoisotopic (exact) mass is 288 g/mol. The molecule has 2 rings (SSSR count). The first kappa shape index (κ1) is 15.3. The number of ether oxygens (including phenoxy) is 1. The molecule has 112 valence electrons. The van der Waals surface area contributed by atoms with Crippen molar-refractivity contribution in [2.45, 2.75) is 13.3 Å². The molecule has 0 aliphatic rings. The number of aromatic amines is 1. The van der Waals surface area contributed by atoms with Gasteiger partial charge in [0.25, 0.3) is 0 Å². The molecule has 21 heavy (non-hydrogen) atoms. The van der Waals surface area contributed by atoms with E-state index >= 15 is 0 Å². The summed E-state index contributed by atoms with van der Waals surface area (Å²) in [4.78, 5) is 28.2. The van der Waals surface area contributed by atoms with Crippen LogP contribution >= 0.6 is 0 Å². The lowest BCUT2D eigenvalue weighted by molar-refractivity contribution is 0.0519. The van der Waals surface area contributed by atoms with E-state index in [-0.39, 0.29) is 5.97 Å². The van der Waals surface area contributed by atoms with Crippen molar-refractivity contribution in [3.05, 3.63) is 35.0 Å². The van der Waals surface area contributed by atoms with E-state index in [1.54, 1.807) is 13.0 Å². The minimum absolute atomic E-state index is 0.334. The van der Waals surface area contributed by atoms with Crippen LogP contribution in [0.4, 0.5) is 0 Å². The zero-order chi connectivity index (χ0) is 15.4. The largest absolute Gasteiger partial charge is 0.461 e. The third-order valence-electron chi connectivity index (χ3n) is 3.35. The topological polar surface area (TPSA) is 62.4 Å². The van der Waals surface area contributed by atoms with Crippen LogP contribution < -0.4 is 0 Å². The molecule has 0 aliphatic carbocycles. The van der Waals surface area contributed by atoms with Gasteiger partial charge in [-0.3, -0.25) is 4.79 Å². The maximum atomic E-state index is 12.1. The standard InChI is InChI=1S/C16H20N2O3/c1-4-21-16(20)15-12(7-8-18(2)3)13-9-11(10-19)5-6-14(13)17-15/h5-6,9-10,17H,4,7-8H2,1-3H3. The fourth-order valence-electron chi connectivity index (χ4n) is 2.31. The number of hydrogen-bond acceptors (Lipinski definition) is 4. The Bertz CT molecular complexity index is 659. The SMILES string of the molecule is CCOC(=O)c1[nH]c2ccc(C=O)cc2c1CCN(C)C. The summed E-state index contributed by atoms with van der Waals surface area (Å²) in [5, 5.41) is 0.907. The van der Waals surface area contributed by atoms with Crippen LogP contribution in [-0.2, 0) is 11.2 Å². The number of likely N-dealkylation sites (N-methyl/N-ethyl adjacent to an activating group) is 1. The highest BCUT2D eigenvalue weighted by molar-refractivity contribution is 5.99. The van der Waals surface area contributed by atoms with Gasteiger partial charge in [0.05, 0.1) is 6.61 Å². The Morgan fingerprint density at radius 3 is 2.76 bits per heavy atom. The van der Waals surface area contributed by atoms with Gasteiger partial charge in [0.1, 0.15) is 12.0 Å². The number of rotatable bonds is 6. The fourth-order valence-corrected chi connectivity index (χ4v) is 2.31. The average Bonchev–Trinajstić information content (AvgIpc) is 2.83. The van der Waals surface area contributed by atoms with Crippen molar-refractivity contribution in [3.8, 4) is 0 Å². The second kappa shape index (κ2) is 6.54. The van der Waals surface area contributed by atoms with E-state index in [9.17, 15) is 9.59 Å². The molecule has 0 saturated heterocycles. The number of H-pyrrole nitrogens is 1. The molecule has 1 aromatic heterocycles. The molecule has 2 aromatic rings. The van der Waals surface area contributed by atoms with Crippen LogP contribution in [0, 0.1) is 0 Å². The zero-order valence-electron chi connectivity index (χ0n) is 12.6. The highest BCUT2D eigenvalue weighted by atomic mass is 16.5. The molecule has 0 atom stereocenters. The molecule has 1 heterocycles. The van der Waals surface area contributed by atoms with Gasteiger partial charge >= 0.3 is 5.97 Å². The van der Waals surface area contributed by atoms with Crippen molar-refractivity contribution in [2.75, 3.05) is 27.2 Å². The van der Waals surface area contributed by atoms with Gasteiger partial charge in [0.2, 0.25) is 0 Å². The van der Waals surface area contributed by atoms with E-state index in [0.717, 1.165) is 29.3 Å². The van der Waals surface area contributed by atoms with Gasteiger partial charge in [-0.25, -0.2) is 4.79 Å². The summed E-state index contributed by atoms with van der Waals surface area (Å²) in [5.74, 6) is -0.352. The number of carbonyl (C=O) groups excluding carboxylic acids is 2. The Labute approximate surface area is 123 Å². The lowest BCUT2D eigenvalue weighted by Gasteiger charge is -2.10. The summed E-state index contributed by atoms with van der Waals surface area (Å²) in [5.41, 5.74) is 2.83. The Morgan fingerprint density at radius 1 is 1.38 bits per heavy atom. The number of fused-ring (bicyclic) bond motifs is 1. The van der Waals surface area contributed by atoms with Gasteiger partial charge in [-0.15, -0.1) is 0 Å². The highest BCUT2D eigenvalue weighted by Crippen LogP contribution is 2.25. The van der Waals surface area contributed by atoms with Crippen LogP contribution in [0.5, 0.6) is 0 Å². The van der Waals surface area contributed by atoms with Crippen molar-refractivity contribution < 1.29 is 14.3 Å². The molecule has 0 fully saturated rings. The number of nitrogens with zero attached hydrogens (tertiary/aromatic N) is 1. The Hall–Kier alpha value is -2.14. The van der Waals surface area contributed by atoms with E-state index in [1.165, 1.54) is 0 Å². The number of nitrogens with one attached hydrogen (secondary N) is 1. The number of carbonyl (C=O) groups is 2. The van der Waals surface area contributed by atoms with Crippen molar-refractivity contribution in [2.24, 2.45) is 0 Å². The maximum Gasteiger partial charge on any atom is 0.355 e. The summed E-state index contributed by atoms with van der Waals surface area (Å²) < 4.78 is 5.11. The summed E-state index contributed by atoms with van der Waals surface area (Å²) in [6.45, 7) is 2.93. The highest BCUT2D eigenvalue weighted by Gasteiger charge is 2.19. The second-order valence-corrected chi connectivity index (χ2v) is 5.18. The fraction of sp³-hybridized carbons (Fsp3) is 0.375. The van der Waals surface area contributed by atoms with E-state index in [2.05, 4.69) is 9.88 Å². The first-order valence-electron chi connectivity index (χ1n) is 6.98. The maximum absolute atomic E-state index is 12.1. The minimum Gasteiger partial charge on any atom is -0.461 e. The summed E-state index contributed by atoms with van der Waals surface area (Å²) >= 11 is 0. The van der Waals surface area contributed by atoms with Gasteiger partial charge in [-0.2, -0.15) is 0 Å². The molecule has 0 spiro atoms. The molecule has 0 radical (unpaired) electrons. The zero-order valence-corrected chi connectivity index (χ0v) is 12.6. The van der Waals surface area contributed by atoms with Crippen LogP contribution in [0.15, 0.2) is 18.2 Å².